The molecule has 1 atom stereocenters. The van der Waals surface area contributed by atoms with E-state index >= 15 is 0 Å². The van der Waals surface area contributed by atoms with Crippen molar-refractivity contribution in [2.45, 2.75) is 27.1 Å². The van der Waals surface area contributed by atoms with Crippen LogP contribution in [0.4, 0.5) is 0 Å². The molecule has 0 aromatic heterocycles. The summed E-state index contributed by atoms with van der Waals surface area (Å²) in [6.07, 6.45) is 0.904. The highest BCUT2D eigenvalue weighted by Crippen LogP contribution is 2.43. The topological polar surface area (TPSA) is 52.7 Å². The zero-order valence-corrected chi connectivity index (χ0v) is 17.3. The summed E-state index contributed by atoms with van der Waals surface area (Å²) in [5, 5.41) is 3.41. The molecule has 0 spiro atoms. The molecule has 0 bridgehead atoms. The van der Waals surface area contributed by atoms with E-state index in [0.717, 1.165) is 43.1 Å². The Hall–Kier alpha value is -1.38. The van der Waals surface area contributed by atoms with Gasteiger partial charge in [-0.05, 0) is 41.8 Å². The van der Waals surface area contributed by atoms with Crippen molar-refractivity contribution >= 4 is 21.8 Å². The number of nitrogens with zero attached hydrogens (tertiary/aromatic N) is 2. The monoisotopic (exact) mass is 403 g/mol. The summed E-state index contributed by atoms with van der Waals surface area (Å²) in [5.74, 6) is 0. The first-order valence-corrected chi connectivity index (χ1v) is 11.5. The minimum atomic E-state index is -3.45. The summed E-state index contributed by atoms with van der Waals surface area (Å²) in [5.41, 5.74) is 2.46. The van der Waals surface area contributed by atoms with Crippen molar-refractivity contribution in [2.24, 2.45) is 0 Å². The smallest absolute Gasteiger partial charge is 0.242 e. The Bertz CT molecular complexity index is 938. The van der Waals surface area contributed by atoms with Crippen LogP contribution in [0.1, 0.15) is 17.2 Å². The van der Waals surface area contributed by atoms with Gasteiger partial charge in [0.25, 0.3) is 0 Å². The summed E-state index contributed by atoms with van der Waals surface area (Å²) in [7, 11) is -0.285. The summed E-state index contributed by atoms with van der Waals surface area (Å²) in [6, 6.07) is 14.3. The maximum absolute atomic E-state index is 12.7. The van der Waals surface area contributed by atoms with Crippen LogP contribution in [0.3, 0.4) is 0 Å². The van der Waals surface area contributed by atoms with Crippen molar-refractivity contribution in [1.82, 2.24) is 14.5 Å². The van der Waals surface area contributed by atoms with Gasteiger partial charge >= 0.3 is 0 Å². The Balaban J connectivity index is 1.83. The summed E-state index contributed by atoms with van der Waals surface area (Å²) < 4.78 is 26.7. The van der Waals surface area contributed by atoms with Crippen LogP contribution in [-0.2, 0) is 16.4 Å². The molecule has 4 rings (SSSR count). The lowest BCUT2D eigenvalue weighted by Crippen LogP contribution is -2.45. The van der Waals surface area contributed by atoms with Gasteiger partial charge in [0.2, 0.25) is 10.0 Å². The standard InChI is InChI=1S/C20H25N3O2S2/c1-22(2)27(24,25)16-7-8-20-17(14-16)18(23-11-9-21-10-12-23)13-15-5-3-4-6-19(15)26-20/h3-8,14,18,21H,9-13H2,1-2H3. The highest BCUT2D eigenvalue weighted by atomic mass is 32.2. The van der Waals surface area contributed by atoms with E-state index in [4.69, 9.17) is 0 Å². The second-order valence-electron chi connectivity index (χ2n) is 7.20. The first-order valence-electron chi connectivity index (χ1n) is 9.24. The quantitative estimate of drug-likeness (QED) is 0.854. The summed E-state index contributed by atoms with van der Waals surface area (Å²) in [6.45, 7) is 3.88. The van der Waals surface area contributed by atoms with Crippen molar-refractivity contribution < 1.29 is 8.42 Å². The number of sulfonamides is 1. The molecule has 1 unspecified atom stereocenters. The molecule has 0 aliphatic carbocycles. The lowest BCUT2D eigenvalue weighted by Gasteiger charge is -2.35. The molecular formula is C20H25N3O2S2. The van der Waals surface area contributed by atoms with Crippen LogP contribution in [0.5, 0.6) is 0 Å². The van der Waals surface area contributed by atoms with Crippen LogP contribution in [0, 0.1) is 0 Å². The van der Waals surface area contributed by atoms with E-state index in [1.807, 2.05) is 12.1 Å². The molecule has 144 valence electrons. The van der Waals surface area contributed by atoms with E-state index in [1.165, 1.54) is 14.8 Å². The molecule has 0 saturated carbocycles. The van der Waals surface area contributed by atoms with Crippen molar-refractivity contribution in [1.29, 1.82) is 0 Å². The molecule has 5 nitrogen and oxygen atoms in total. The Kier molecular flexibility index (Phi) is 5.31. The van der Waals surface area contributed by atoms with Crippen LogP contribution in [0.15, 0.2) is 57.2 Å². The normalized spacial score (nSPS) is 20.8. The van der Waals surface area contributed by atoms with Gasteiger partial charge in [-0.15, -0.1) is 0 Å². The molecule has 1 fully saturated rings. The maximum atomic E-state index is 12.7. The lowest BCUT2D eigenvalue weighted by atomic mass is 9.97. The van der Waals surface area contributed by atoms with Gasteiger partial charge in [0.1, 0.15) is 0 Å². The molecule has 7 heteroatoms. The highest BCUT2D eigenvalue weighted by molar-refractivity contribution is 7.99. The van der Waals surface area contributed by atoms with Crippen LogP contribution >= 0.6 is 11.8 Å². The summed E-state index contributed by atoms with van der Waals surface area (Å²) >= 11 is 1.75. The molecule has 2 aliphatic rings. The van der Waals surface area contributed by atoms with Crippen LogP contribution in [-0.4, -0.2) is 57.9 Å². The summed E-state index contributed by atoms with van der Waals surface area (Å²) in [4.78, 5) is 5.28. The molecule has 2 heterocycles. The Morgan fingerprint density at radius 2 is 1.81 bits per heavy atom. The number of hydrogen-bond donors (Lipinski definition) is 1. The number of piperazine rings is 1. The highest BCUT2D eigenvalue weighted by Gasteiger charge is 2.30. The average molecular weight is 404 g/mol. The molecule has 1 saturated heterocycles. The molecule has 2 aliphatic heterocycles. The van der Waals surface area contributed by atoms with Gasteiger partial charge in [0.15, 0.2) is 0 Å². The number of benzene rings is 2. The first-order chi connectivity index (χ1) is 13.0. The minimum absolute atomic E-state index is 0.190. The van der Waals surface area contributed by atoms with Gasteiger partial charge in [-0.3, -0.25) is 4.90 Å². The lowest BCUT2D eigenvalue weighted by molar-refractivity contribution is 0.170. The fourth-order valence-corrected chi connectivity index (χ4v) is 5.83. The van der Waals surface area contributed by atoms with Gasteiger partial charge in [0, 0.05) is 56.1 Å². The zero-order valence-electron chi connectivity index (χ0n) is 15.7. The predicted octanol–water partition coefficient (Wildman–Crippen LogP) is 2.59. The van der Waals surface area contributed by atoms with Crippen LogP contribution in [0.25, 0.3) is 0 Å². The molecular weight excluding hydrogens is 378 g/mol. The van der Waals surface area contributed by atoms with Gasteiger partial charge < -0.3 is 5.32 Å². The first kappa shape index (κ1) is 19.0. The molecule has 27 heavy (non-hydrogen) atoms. The van der Waals surface area contributed by atoms with Crippen molar-refractivity contribution in [3.05, 3.63) is 53.6 Å². The van der Waals surface area contributed by atoms with E-state index in [9.17, 15) is 8.42 Å². The predicted molar refractivity (Wildman–Crippen MR) is 109 cm³/mol. The van der Waals surface area contributed by atoms with Crippen LogP contribution in [0.2, 0.25) is 0 Å². The molecule has 2 aromatic carbocycles. The second kappa shape index (κ2) is 7.56. The van der Waals surface area contributed by atoms with E-state index in [-0.39, 0.29) is 6.04 Å². The fourth-order valence-electron chi connectivity index (χ4n) is 3.78. The van der Waals surface area contributed by atoms with Gasteiger partial charge in [0.05, 0.1) is 4.90 Å². The van der Waals surface area contributed by atoms with E-state index < -0.39 is 10.0 Å². The van der Waals surface area contributed by atoms with Crippen LogP contribution < -0.4 is 5.32 Å². The minimum Gasteiger partial charge on any atom is -0.314 e. The molecule has 2 aromatic rings. The largest absolute Gasteiger partial charge is 0.314 e. The number of rotatable bonds is 3. The third kappa shape index (κ3) is 3.67. The number of hydrogen-bond acceptors (Lipinski definition) is 5. The fraction of sp³-hybridized carbons (Fsp3) is 0.400. The molecule has 0 amide bonds. The Morgan fingerprint density at radius 3 is 2.56 bits per heavy atom. The van der Waals surface area contributed by atoms with Gasteiger partial charge in [-0.25, -0.2) is 12.7 Å². The number of fused-ring (bicyclic) bond motifs is 2. The number of nitrogens with one attached hydrogen (secondary N) is 1. The second-order valence-corrected chi connectivity index (χ2v) is 10.4. The van der Waals surface area contributed by atoms with Crippen molar-refractivity contribution in [2.75, 3.05) is 40.3 Å². The van der Waals surface area contributed by atoms with E-state index in [1.54, 1.807) is 31.9 Å². The van der Waals surface area contributed by atoms with Crippen molar-refractivity contribution in [3.63, 3.8) is 0 Å². The third-order valence-electron chi connectivity index (χ3n) is 5.32. The van der Waals surface area contributed by atoms with Crippen molar-refractivity contribution in [3.8, 4) is 0 Å². The molecule has 1 N–H and O–H groups in total. The van der Waals surface area contributed by atoms with E-state index in [0.29, 0.717) is 4.90 Å². The zero-order chi connectivity index (χ0) is 19.0. The Labute approximate surface area is 165 Å². The third-order valence-corrected chi connectivity index (χ3v) is 8.34. The maximum Gasteiger partial charge on any atom is 0.242 e. The molecule has 0 radical (unpaired) electrons. The SMILES string of the molecule is CN(C)S(=O)(=O)c1ccc2c(c1)C(N1CCNCC1)Cc1ccccc1S2. The van der Waals surface area contributed by atoms with E-state index in [2.05, 4.69) is 34.5 Å². The average Bonchev–Trinajstić information content (AvgIpc) is 2.84. The van der Waals surface area contributed by atoms with Gasteiger partial charge in [-0.2, -0.15) is 0 Å². The van der Waals surface area contributed by atoms with Gasteiger partial charge in [-0.1, -0.05) is 30.0 Å². The Morgan fingerprint density at radius 1 is 1.07 bits per heavy atom.